The Kier molecular flexibility index (Phi) is 3.22. The van der Waals surface area contributed by atoms with Gasteiger partial charge in [0.05, 0.1) is 18.5 Å². The first-order valence-corrected chi connectivity index (χ1v) is 8.16. The van der Waals surface area contributed by atoms with Crippen LogP contribution in [-0.2, 0) is 15.9 Å². The molecule has 3 heterocycles. The summed E-state index contributed by atoms with van der Waals surface area (Å²) in [4.78, 5) is 30.0. The van der Waals surface area contributed by atoms with Gasteiger partial charge in [0.25, 0.3) is 5.91 Å². The molecule has 1 aromatic carbocycles. The molecule has 1 N–H and O–H groups in total. The number of carbonyl (C=O) groups excluding carboxylic acids is 2. The smallest absolute Gasteiger partial charge is 0.254 e. The number of hydrogen-bond acceptors (Lipinski definition) is 3. The van der Waals surface area contributed by atoms with Crippen molar-refractivity contribution in [3.05, 3.63) is 59.4 Å². The highest BCUT2D eigenvalue weighted by Crippen LogP contribution is 2.39. The summed E-state index contributed by atoms with van der Waals surface area (Å²) < 4.78 is 14.8. The molecule has 2 amide bonds. The highest BCUT2D eigenvalue weighted by Gasteiger charge is 2.47. The average molecular weight is 339 g/mol. The number of carbonyl (C=O) groups is 2. The van der Waals surface area contributed by atoms with Crippen LogP contribution in [0.25, 0.3) is 0 Å². The summed E-state index contributed by atoms with van der Waals surface area (Å²) in [6.45, 7) is 3.70. The fraction of sp³-hybridized carbons (Fsp3) is 0.316. The summed E-state index contributed by atoms with van der Waals surface area (Å²) in [5.74, 6) is -0.325. The third-order valence-corrected chi connectivity index (χ3v) is 5.10. The number of alkyl halides is 1. The number of pyridine rings is 1. The predicted octanol–water partition coefficient (Wildman–Crippen LogP) is 2.63. The Labute approximate surface area is 144 Å². The molecule has 2 aliphatic heterocycles. The molecule has 128 valence electrons. The van der Waals surface area contributed by atoms with E-state index >= 15 is 0 Å². The Morgan fingerprint density at radius 3 is 2.72 bits per heavy atom. The Morgan fingerprint density at radius 2 is 2.04 bits per heavy atom. The lowest BCUT2D eigenvalue weighted by Crippen LogP contribution is -2.58. The molecule has 0 spiro atoms. The van der Waals surface area contributed by atoms with Crippen LogP contribution in [0.3, 0.4) is 0 Å². The highest BCUT2D eigenvalue weighted by molar-refractivity contribution is 6.07. The van der Waals surface area contributed by atoms with Crippen molar-refractivity contribution in [1.82, 2.24) is 9.88 Å². The van der Waals surface area contributed by atoms with Gasteiger partial charge in [0, 0.05) is 29.2 Å². The number of nitrogens with zero attached hydrogens (tertiary/aromatic N) is 2. The van der Waals surface area contributed by atoms with Crippen LogP contribution in [0.1, 0.15) is 35.3 Å². The van der Waals surface area contributed by atoms with E-state index in [1.54, 1.807) is 36.5 Å². The van der Waals surface area contributed by atoms with Crippen LogP contribution >= 0.6 is 0 Å². The van der Waals surface area contributed by atoms with Crippen molar-refractivity contribution in [2.45, 2.75) is 24.9 Å². The molecule has 1 fully saturated rings. The van der Waals surface area contributed by atoms with E-state index in [4.69, 9.17) is 0 Å². The molecule has 0 radical (unpaired) electrons. The van der Waals surface area contributed by atoms with Gasteiger partial charge in [0.2, 0.25) is 5.91 Å². The minimum Gasteiger partial charge on any atom is -0.331 e. The number of anilines is 1. The van der Waals surface area contributed by atoms with Crippen LogP contribution in [0.5, 0.6) is 0 Å². The maximum Gasteiger partial charge on any atom is 0.254 e. The quantitative estimate of drug-likeness (QED) is 0.915. The Hall–Kier alpha value is -2.76. The minimum absolute atomic E-state index is 0.00641. The first-order valence-electron chi connectivity index (χ1n) is 8.16. The number of nitrogens with one attached hydrogen (secondary N) is 1. The van der Waals surface area contributed by atoms with E-state index in [0.717, 1.165) is 5.56 Å². The molecular weight excluding hydrogens is 321 g/mol. The standard InChI is InChI=1S/C19H18FN3O2/c1-18(2)14-6-5-12(8-15(14)22-17(18)25)16(24)23-10-19(20,11-23)13-4-3-7-21-9-13/h3-9H,10-11H2,1-2H3,(H,22,25). The van der Waals surface area contributed by atoms with Gasteiger partial charge in [0.1, 0.15) is 0 Å². The zero-order chi connectivity index (χ0) is 17.8. The van der Waals surface area contributed by atoms with Crippen molar-refractivity contribution in [2.75, 3.05) is 18.4 Å². The van der Waals surface area contributed by atoms with Gasteiger partial charge in [-0.1, -0.05) is 12.1 Å². The monoisotopic (exact) mass is 339 g/mol. The predicted molar refractivity (Wildman–Crippen MR) is 91.0 cm³/mol. The first-order chi connectivity index (χ1) is 11.8. The van der Waals surface area contributed by atoms with Crippen LogP contribution in [0.15, 0.2) is 42.7 Å². The molecule has 0 atom stereocenters. The topological polar surface area (TPSA) is 62.3 Å². The molecule has 0 aliphatic carbocycles. The largest absolute Gasteiger partial charge is 0.331 e. The van der Waals surface area contributed by atoms with E-state index < -0.39 is 11.1 Å². The van der Waals surface area contributed by atoms with Crippen molar-refractivity contribution < 1.29 is 14.0 Å². The van der Waals surface area contributed by atoms with Crippen LogP contribution in [0.4, 0.5) is 10.1 Å². The molecule has 4 rings (SSSR count). The van der Waals surface area contributed by atoms with Crippen molar-refractivity contribution in [1.29, 1.82) is 0 Å². The number of hydrogen-bond donors (Lipinski definition) is 1. The van der Waals surface area contributed by atoms with Gasteiger partial charge in [-0.05, 0) is 37.6 Å². The van der Waals surface area contributed by atoms with Crippen molar-refractivity contribution in [3.8, 4) is 0 Å². The number of amides is 2. The molecule has 5 nitrogen and oxygen atoms in total. The van der Waals surface area contributed by atoms with Crippen molar-refractivity contribution in [2.24, 2.45) is 0 Å². The second kappa shape index (κ2) is 5.12. The fourth-order valence-corrected chi connectivity index (χ4v) is 3.42. The van der Waals surface area contributed by atoms with E-state index in [1.807, 2.05) is 13.8 Å². The summed E-state index contributed by atoms with van der Waals surface area (Å²) in [6, 6.07) is 8.54. The second-order valence-corrected chi connectivity index (χ2v) is 7.21. The Bertz CT molecular complexity index is 873. The molecule has 0 bridgehead atoms. The van der Waals surface area contributed by atoms with Gasteiger partial charge < -0.3 is 10.2 Å². The van der Waals surface area contributed by atoms with Crippen LogP contribution in [0.2, 0.25) is 0 Å². The molecule has 25 heavy (non-hydrogen) atoms. The van der Waals surface area contributed by atoms with E-state index in [-0.39, 0.29) is 24.9 Å². The zero-order valence-electron chi connectivity index (χ0n) is 14.0. The highest BCUT2D eigenvalue weighted by atomic mass is 19.1. The summed E-state index contributed by atoms with van der Waals surface area (Å²) in [5, 5.41) is 2.81. The number of benzene rings is 1. The number of fused-ring (bicyclic) bond motifs is 1. The van der Waals surface area contributed by atoms with Gasteiger partial charge in [-0.15, -0.1) is 0 Å². The summed E-state index contributed by atoms with van der Waals surface area (Å²) in [6.07, 6.45) is 3.09. The minimum atomic E-state index is -1.54. The summed E-state index contributed by atoms with van der Waals surface area (Å²) in [7, 11) is 0. The molecule has 2 aromatic rings. The van der Waals surface area contributed by atoms with Gasteiger partial charge in [-0.2, -0.15) is 0 Å². The lowest BCUT2D eigenvalue weighted by molar-refractivity contribution is -0.119. The lowest BCUT2D eigenvalue weighted by atomic mass is 9.85. The molecule has 1 aromatic heterocycles. The maximum atomic E-state index is 14.8. The average Bonchev–Trinajstić information content (AvgIpc) is 2.81. The van der Waals surface area contributed by atoms with Gasteiger partial charge in [0.15, 0.2) is 5.67 Å². The normalized spacial score (nSPS) is 19.8. The maximum absolute atomic E-state index is 14.8. The zero-order valence-corrected chi connectivity index (χ0v) is 14.0. The van der Waals surface area contributed by atoms with Gasteiger partial charge in [-0.25, -0.2) is 4.39 Å². The lowest BCUT2D eigenvalue weighted by Gasteiger charge is -2.44. The Balaban J connectivity index is 1.53. The van der Waals surface area contributed by atoms with Crippen LogP contribution in [0, 0.1) is 0 Å². The fourth-order valence-electron chi connectivity index (χ4n) is 3.42. The molecule has 1 saturated heterocycles. The van der Waals surface area contributed by atoms with E-state index in [2.05, 4.69) is 10.3 Å². The van der Waals surface area contributed by atoms with E-state index in [1.165, 1.54) is 11.1 Å². The Morgan fingerprint density at radius 1 is 1.28 bits per heavy atom. The molecule has 6 heteroatoms. The van der Waals surface area contributed by atoms with Crippen molar-refractivity contribution >= 4 is 17.5 Å². The number of halogens is 1. The van der Waals surface area contributed by atoms with E-state index in [9.17, 15) is 14.0 Å². The summed E-state index contributed by atoms with van der Waals surface area (Å²) >= 11 is 0. The molecular formula is C19H18FN3O2. The first kappa shape index (κ1) is 15.7. The SMILES string of the molecule is CC1(C)C(=O)Nc2cc(C(=O)N3CC(F)(c4cccnc4)C3)ccc21. The third-order valence-electron chi connectivity index (χ3n) is 5.10. The molecule has 0 unspecified atom stereocenters. The van der Waals surface area contributed by atoms with Gasteiger partial charge >= 0.3 is 0 Å². The summed E-state index contributed by atoms with van der Waals surface area (Å²) in [5.41, 5.74) is 0.304. The molecule has 0 saturated carbocycles. The van der Waals surface area contributed by atoms with E-state index in [0.29, 0.717) is 16.8 Å². The number of aromatic nitrogens is 1. The number of likely N-dealkylation sites (tertiary alicyclic amines) is 1. The van der Waals surface area contributed by atoms with Crippen molar-refractivity contribution in [3.63, 3.8) is 0 Å². The second-order valence-electron chi connectivity index (χ2n) is 7.21. The number of rotatable bonds is 2. The molecule has 2 aliphatic rings. The van der Waals surface area contributed by atoms with Crippen LogP contribution < -0.4 is 5.32 Å². The van der Waals surface area contributed by atoms with Gasteiger partial charge in [-0.3, -0.25) is 14.6 Å². The van der Waals surface area contributed by atoms with Crippen LogP contribution in [-0.4, -0.2) is 34.8 Å². The third kappa shape index (κ3) is 2.32.